The van der Waals surface area contributed by atoms with Crippen LogP contribution in [0.25, 0.3) is 0 Å². The Balaban J connectivity index is 1.70. The minimum absolute atomic E-state index is 0.175. The highest BCUT2D eigenvalue weighted by Crippen LogP contribution is 2.15. The van der Waals surface area contributed by atoms with Gasteiger partial charge in [-0.2, -0.15) is 0 Å². The number of hydrogen-bond acceptors (Lipinski definition) is 5. The number of rotatable bonds is 5. The van der Waals surface area contributed by atoms with Crippen molar-refractivity contribution in [2.24, 2.45) is 0 Å². The molecule has 2 heterocycles. The predicted molar refractivity (Wildman–Crippen MR) is 98.0 cm³/mol. The standard InChI is InChI=1S/C18H20N6O3/c1-4-15(25)19-13-7-5-12(6-8-13)17(26)23(3)11-14-20-21-16-18(27)22(2)9-10-24(14)16/h4-8H,1,9-11H2,2-3H3,(H,19,25). The molecule has 1 aromatic heterocycles. The number of amides is 3. The first kappa shape index (κ1) is 18.3. The van der Waals surface area contributed by atoms with Gasteiger partial charge in [-0.3, -0.25) is 14.4 Å². The number of likely N-dealkylation sites (N-methyl/N-ethyl adjacent to an activating group) is 1. The minimum atomic E-state index is -0.317. The van der Waals surface area contributed by atoms with E-state index in [0.29, 0.717) is 36.0 Å². The molecule has 2 aromatic rings. The van der Waals surface area contributed by atoms with Crippen LogP contribution >= 0.6 is 0 Å². The number of hydrogen-bond donors (Lipinski definition) is 1. The van der Waals surface area contributed by atoms with E-state index in [9.17, 15) is 14.4 Å². The summed E-state index contributed by atoms with van der Waals surface area (Å²) in [6.07, 6.45) is 1.18. The summed E-state index contributed by atoms with van der Waals surface area (Å²) < 4.78 is 1.75. The zero-order valence-corrected chi connectivity index (χ0v) is 15.2. The van der Waals surface area contributed by atoms with Crippen LogP contribution in [0.4, 0.5) is 5.69 Å². The smallest absolute Gasteiger partial charge is 0.291 e. The Morgan fingerprint density at radius 1 is 1.26 bits per heavy atom. The van der Waals surface area contributed by atoms with Gasteiger partial charge in [0, 0.05) is 38.4 Å². The third kappa shape index (κ3) is 3.71. The molecule has 0 aliphatic carbocycles. The third-order valence-electron chi connectivity index (χ3n) is 4.33. The first-order valence-electron chi connectivity index (χ1n) is 8.37. The maximum Gasteiger partial charge on any atom is 0.291 e. The zero-order valence-electron chi connectivity index (χ0n) is 15.2. The molecule has 0 radical (unpaired) electrons. The van der Waals surface area contributed by atoms with Gasteiger partial charge in [-0.15, -0.1) is 10.2 Å². The molecule has 0 fully saturated rings. The highest BCUT2D eigenvalue weighted by molar-refractivity contribution is 5.99. The van der Waals surface area contributed by atoms with E-state index in [1.807, 2.05) is 0 Å². The maximum atomic E-state index is 12.6. The van der Waals surface area contributed by atoms with E-state index in [2.05, 4.69) is 22.1 Å². The van der Waals surface area contributed by atoms with Crippen molar-refractivity contribution in [3.63, 3.8) is 0 Å². The Bertz CT molecular complexity index is 902. The first-order valence-corrected chi connectivity index (χ1v) is 8.37. The minimum Gasteiger partial charge on any atom is -0.337 e. The molecule has 27 heavy (non-hydrogen) atoms. The van der Waals surface area contributed by atoms with Crippen molar-refractivity contribution in [1.29, 1.82) is 0 Å². The van der Waals surface area contributed by atoms with Crippen molar-refractivity contribution >= 4 is 23.4 Å². The quantitative estimate of drug-likeness (QED) is 0.786. The number of carbonyl (C=O) groups excluding carboxylic acids is 3. The van der Waals surface area contributed by atoms with Gasteiger partial charge < -0.3 is 19.7 Å². The summed E-state index contributed by atoms with van der Waals surface area (Å²) in [4.78, 5) is 39.1. The lowest BCUT2D eigenvalue weighted by Gasteiger charge is -2.24. The average Bonchev–Trinajstić information content (AvgIpc) is 3.08. The fraction of sp³-hybridized carbons (Fsp3) is 0.278. The van der Waals surface area contributed by atoms with E-state index in [-0.39, 0.29) is 24.3 Å². The van der Waals surface area contributed by atoms with Gasteiger partial charge in [0.2, 0.25) is 11.7 Å². The lowest BCUT2D eigenvalue weighted by molar-refractivity contribution is -0.111. The number of nitrogens with zero attached hydrogens (tertiary/aromatic N) is 5. The monoisotopic (exact) mass is 368 g/mol. The Morgan fingerprint density at radius 3 is 2.63 bits per heavy atom. The second-order valence-corrected chi connectivity index (χ2v) is 6.25. The summed E-state index contributed by atoms with van der Waals surface area (Å²) in [6.45, 7) is 4.80. The lowest BCUT2D eigenvalue weighted by atomic mass is 10.2. The van der Waals surface area contributed by atoms with E-state index in [0.717, 1.165) is 0 Å². The van der Waals surface area contributed by atoms with Gasteiger partial charge >= 0.3 is 0 Å². The average molecular weight is 368 g/mol. The van der Waals surface area contributed by atoms with Crippen LogP contribution in [0.15, 0.2) is 36.9 Å². The molecule has 0 atom stereocenters. The molecule has 0 spiro atoms. The fourth-order valence-corrected chi connectivity index (χ4v) is 2.76. The highest BCUT2D eigenvalue weighted by Gasteiger charge is 2.27. The molecule has 0 saturated heterocycles. The molecule has 1 aliphatic heterocycles. The Labute approximate surface area is 156 Å². The Kier molecular flexibility index (Phi) is 5.02. The lowest BCUT2D eigenvalue weighted by Crippen LogP contribution is -2.38. The summed E-state index contributed by atoms with van der Waals surface area (Å²) in [5.41, 5.74) is 1.05. The van der Waals surface area contributed by atoms with E-state index in [1.54, 1.807) is 47.8 Å². The molecule has 1 aromatic carbocycles. The number of carbonyl (C=O) groups is 3. The van der Waals surface area contributed by atoms with Crippen molar-refractivity contribution in [2.75, 3.05) is 26.0 Å². The number of nitrogens with one attached hydrogen (secondary N) is 1. The van der Waals surface area contributed by atoms with Gasteiger partial charge in [0.1, 0.15) is 0 Å². The van der Waals surface area contributed by atoms with Crippen LogP contribution in [0.2, 0.25) is 0 Å². The van der Waals surface area contributed by atoms with Crippen molar-refractivity contribution in [3.05, 3.63) is 54.1 Å². The SMILES string of the molecule is C=CC(=O)Nc1ccc(C(=O)N(C)Cc2nnc3n2CCN(C)C3=O)cc1. The van der Waals surface area contributed by atoms with Crippen LogP contribution < -0.4 is 5.32 Å². The molecule has 3 amide bonds. The van der Waals surface area contributed by atoms with Gasteiger partial charge in [-0.1, -0.05) is 6.58 Å². The molecular formula is C18H20N6O3. The predicted octanol–water partition coefficient (Wildman–Crippen LogP) is 0.760. The van der Waals surface area contributed by atoms with Gasteiger partial charge in [-0.05, 0) is 30.3 Å². The molecule has 0 unspecified atom stereocenters. The number of aromatic nitrogens is 3. The molecule has 140 valence electrons. The Hall–Kier alpha value is -3.49. The van der Waals surface area contributed by atoms with Crippen LogP contribution in [-0.2, 0) is 17.9 Å². The van der Waals surface area contributed by atoms with Crippen molar-refractivity contribution in [1.82, 2.24) is 24.6 Å². The topological polar surface area (TPSA) is 100 Å². The number of fused-ring (bicyclic) bond motifs is 1. The van der Waals surface area contributed by atoms with Crippen molar-refractivity contribution < 1.29 is 14.4 Å². The maximum absolute atomic E-state index is 12.6. The molecular weight excluding hydrogens is 348 g/mol. The van der Waals surface area contributed by atoms with Gasteiger partial charge in [0.05, 0.1) is 6.54 Å². The van der Waals surface area contributed by atoms with Gasteiger partial charge in [0.15, 0.2) is 5.82 Å². The summed E-state index contributed by atoms with van der Waals surface area (Å²) in [6, 6.07) is 6.57. The van der Waals surface area contributed by atoms with E-state index in [4.69, 9.17) is 0 Å². The van der Waals surface area contributed by atoms with E-state index >= 15 is 0 Å². The van der Waals surface area contributed by atoms with Crippen LogP contribution in [0.3, 0.4) is 0 Å². The normalized spacial score (nSPS) is 13.1. The summed E-state index contributed by atoms with van der Waals surface area (Å²) in [5.74, 6) is 0.168. The van der Waals surface area contributed by atoms with Crippen LogP contribution in [0.5, 0.6) is 0 Å². The second-order valence-electron chi connectivity index (χ2n) is 6.25. The third-order valence-corrected chi connectivity index (χ3v) is 4.33. The largest absolute Gasteiger partial charge is 0.337 e. The van der Waals surface area contributed by atoms with Crippen LogP contribution in [0, 0.1) is 0 Å². The first-order chi connectivity index (χ1) is 12.9. The molecule has 1 aliphatic rings. The zero-order chi connectivity index (χ0) is 19.6. The Morgan fingerprint density at radius 2 is 1.96 bits per heavy atom. The fourth-order valence-electron chi connectivity index (χ4n) is 2.76. The molecule has 3 rings (SSSR count). The highest BCUT2D eigenvalue weighted by atomic mass is 16.2. The van der Waals surface area contributed by atoms with E-state index < -0.39 is 0 Å². The van der Waals surface area contributed by atoms with Crippen molar-refractivity contribution in [3.8, 4) is 0 Å². The van der Waals surface area contributed by atoms with Crippen molar-refractivity contribution in [2.45, 2.75) is 13.1 Å². The molecule has 9 nitrogen and oxygen atoms in total. The van der Waals surface area contributed by atoms with E-state index in [1.165, 1.54) is 11.0 Å². The summed E-state index contributed by atoms with van der Waals surface area (Å²) in [5, 5.41) is 10.7. The second kappa shape index (κ2) is 7.40. The summed E-state index contributed by atoms with van der Waals surface area (Å²) >= 11 is 0. The van der Waals surface area contributed by atoms with Crippen LogP contribution in [0.1, 0.15) is 26.8 Å². The summed E-state index contributed by atoms with van der Waals surface area (Å²) in [7, 11) is 3.38. The molecule has 1 N–H and O–H groups in total. The molecule has 0 saturated carbocycles. The van der Waals surface area contributed by atoms with Gasteiger partial charge in [-0.25, -0.2) is 0 Å². The molecule has 0 bridgehead atoms. The van der Waals surface area contributed by atoms with Gasteiger partial charge in [0.25, 0.3) is 11.8 Å². The molecule has 9 heteroatoms. The van der Waals surface area contributed by atoms with Crippen LogP contribution in [-0.4, -0.2) is 62.9 Å². The number of benzene rings is 1. The number of anilines is 1.